The molecule has 1 aliphatic rings. The smallest absolute Gasteiger partial charge is 0.220 e. The average Bonchev–Trinajstić information content (AvgIpc) is 2.62. The Morgan fingerprint density at radius 3 is 2.36 bits per heavy atom. The van der Waals surface area contributed by atoms with E-state index in [1.54, 1.807) is 0 Å². The highest BCUT2D eigenvalue weighted by atomic mass is 16.5. The number of aryl methyl sites for hydroxylation is 2. The Kier molecular flexibility index (Phi) is 4.66. The number of nitrogens with one attached hydrogen (secondary N) is 2. The lowest BCUT2D eigenvalue weighted by molar-refractivity contribution is -0.122. The number of piperidine rings is 1. The van der Waals surface area contributed by atoms with E-state index in [-0.39, 0.29) is 23.0 Å². The first-order valence-electron chi connectivity index (χ1n) is 8.08. The van der Waals surface area contributed by atoms with Crippen LogP contribution in [0, 0.1) is 13.8 Å². The summed E-state index contributed by atoms with van der Waals surface area (Å²) in [7, 11) is 0. The second kappa shape index (κ2) is 6.03. The van der Waals surface area contributed by atoms with Gasteiger partial charge in [-0.1, -0.05) is 5.16 Å². The summed E-state index contributed by atoms with van der Waals surface area (Å²) in [5, 5.41) is 10.8. The second-order valence-electron chi connectivity index (χ2n) is 7.87. The van der Waals surface area contributed by atoms with Crippen molar-refractivity contribution < 1.29 is 9.32 Å². The van der Waals surface area contributed by atoms with Gasteiger partial charge in [0.1, 0.15) is 5.76 Å². The fraction of sp³-hybridized carbons (Fsp3) is 0.765. The minimum Gasteiger partial charge on any atom is -0.361 e. The van der Waals surface area contributed by atoms with Crippen LogP contribution in [0.1, 0.15) is 64.0 Å². The van der Waals surface area contributed by atoms with Crippen molar-refractivity contribution in [2.45, 2.75) is 84.3 Å². The Hall–Kier alpha value is -1.36. The van der Waals surface area contributed by atoms with Gasteiger partial charge in [-0.15, -0.1) is 0 Å². The topological polar surface area (TPSA) is 67.2 Å². The minimum absolute atomic E-state index is 0.0430. The van der Waals surface area contributed by atoms with Gasteiger partial charge in [-0.2, -0.15) is 0 Å². The molecule has 0 atom stereocenters. The summed E-state index contributed by atoms with van der Waals surface area (Å²) in [5.74, 6) is 0.924. The van der Waals surface area contributed by atoms with Crippen LogP contribution in [0.15, 0.2) is 4.52 Å². The van der Waals surface area contributed by atoms with E-state index in [0.29, 0.717) is 12.8 Å². The highest BCUT2D eigenvalue weighted by Crippen LogP contribution is 2.28. The predicted octanol–water partition coefficient (Wildman–Crippen LogP) is 2.65. The molecule has 5 nitrogen and oxygen atoms in total. The molecule has 0 bridgehead atoms. The molecule has 5 heteroatoms. The van der Waals surface area contributed by atoms with Crippen LogP contribution in [0.25, 0.3) is 0 Å². The molecule has 1 aliphatic heterocycles. The molecule has 1 aromatic rings. The number of hydrogen-bond acceptors (Lipinski definition) is 4. The molecule has 22 heavy (non-hydrogen) atoms. The molecule has 2 rings (SSSR count). The molecule has 0 aromatic carbocycles. The number of hydrogen-bond donors (Lipinski definition) is 2. The Morgan fingerprint density at radius 1 is 1.27 bits per heavy atom. The number of carbonyl (C=O) groups excluding carboxylic acids is 1. The van der Waals surface area contributed by atoms with Gasteiger partial charge in [0.05, 0.1) is 5.69 Å². The van der Waals surface area contributed by atoms with E-state index in [9.17, 15) is 4.79 Å². The number of carbonyl (C=O) groups is 1. The van der Waals surface area contributed by atoms with Crippen LogP contribution >= 0.6 is 0 Å². The molecule has 0 spiro atoms. The van der Waals surface area contributed by atoms with E-state index >= 15 is 0 Å². The lowest BCUT2D eigenvalue weighted by Gasteiger charge is -2.46. The summed E-state index contributed by atoms with van der Waals surface area (Å²) in [6, 6.07) is 0.225. The van der Waals surface area contributed by atoms with Crippen LogP contribution < -0.4 is 10.6 Å². The molecule has 0 radical (unpaired) electrons. The van der Waals surface area contributed by atoms with Crippen LogP contribution in [-0.4, -0.2) is 28.2 Å². The van der Waals surface area contributed by atoms with Gasteiger partial charge < -0.3 is 15.2 Å². The predicted molar refractivity (Wildman–Crippen MR) is 86.8 cm³/mol. The molecule has 124 valence electrons. The molecule has 0 aliphatic carbocycles. The molecular weight excluding hydrogens is 278 g/mol. The zero-order valence-electron chi connectivity index (χ0n) is 14.7. The van der Waals surface area contributed by atoms with Crippen molar-refractivity contribution >= 4 is 5.91 Å². The van der Waals surface area contributed by atoms with Crippen molar-refractivity contribution in [3.8, 4) is 0 Å². The van der Waals surface area contributed by atoms with E-state index in [4.69, 9.17) is 4.52 Å². The third-order valence-corrected chi connectivity index (χ3v) is 4.34. The van der Waals surface area contributed by atoms with Crippen molar-refractivity contribution in [2.75, 3.05) is 0 Å². The summed E-state index contributed by atoms with van der Waals surface area (Å²) in [4.78, 5) is 12.3. The first-order valence-corrected chi connectivity index (χ1v) is 8.08. The SMILES string of the molecule is Cc1noc(C)c1CCC(=O)NC1CC(C)(C)NC(C)(C)C1. The van der Waals surface area contributed by atoms with E-state index < -0.39 is 0 Å². The largest absolute Gasteiger partial charge is 0.361 e. The van der Waals surface area contributed by atoms with E-state index in [2.05, 4.69) is 43.5 Å². The van der Waals surface area contributed by atoms with Crippen molar-refractivity contribution in [1.29, 1.82) is 0 Å². The maximum absolute atomic E-state index is 12.3. The second-order valence-corrected chi connectivity index (χ2v) is 7.87. The number of aromatic nitrogens is 1. The first-order chi connectivity index (χ1) is 10.1. The third-order valence-electron chi connectivity index (χ3n) is 4.34. The van der Waals surface area contributed by atoms with Crippen LogP contribution in [0.3, 0.4) is 0 Å². The number of amides is 1. The van der Waals surface area contributed by atoms with E-state index in [0.717, 1.165) is 29.9 Å². The molecule has 1 amide bonds. The first kappa shape index (κ1) is 17.0. The summed E-state index contributed by atoms with van der Waals surface area (Å²) in [6.07, 6.45) is 3.07. The summed E-state index contributed by atoms with van der Waals surface area (Å²) in [5.41, 5.74) is 2.03. The van der Waals surface area contributed by atoms with Crippen LogP contribution in [-0.2, 0) is 11.2 Å². The Labute approximate surface area is 133 Å². The monoisotopic (exact) mass is 307 g/mol. The van der Waals surface area contributed by atoms with Crippen molar-refractivity contribution in [1.82, 2.24) is 15.8 Å². The van der Waals surface area contributed by atoms with Gasteiger partial charge in [-0.25, -0.2) is 0 Å². The Bertz CT molecular complexity index is 511. The quantitative estimate of drug-likeness (QED) is 0.897. The van der Waals surface area contributed by atoms with Gasteiger partial charge in [0, 0.05) is 29.1 Å². The number of nitrogens with zero attached hydrogens (tertiary/aromatic N) is 1. The van der Waals surface area contributed by atoms with Crippen LogP contribution in [0.4, 0.5) is 0 Å². The van der Waals surface area contributed by atoms with Gasteiger partial charge in [0.2, 0.25) is 5.91 Å². The molecule has 0 saturated carbocycles. The lowest BCUT2D eigenvalue weighted by Crippen LogP contribution is -2.62. The normalized spacial score (nSPS) is 20.8. The van der Waals surface area contributed by atoms with Crippen molar-refractivity contribution in [2.24, 2.45) is 0 Å². The zero-order chi connectivity index (χ0) is 16.5. The maximum atomic E-state index is 12.3. The van der Waals surface area contributed by atoms with Crippen LogP contribution in [0.5, 0.6) is 0 Å². The molecule has 2 N–H and O–H groups in total. The van der Waals surface area contributed by atoms with Gasteiger partial charge in [-0.05, 0) is 60.8 Å². The average molecular weight is 307 g/mol. The standard InChI is InChI=1S/C17H29N3O2/c1-11-14(12(2)22-19-11)7-8-15(21)18-13-9-16(3,4)20-17(5,6)10-13/h13,20H,7-10H2,1-6H3,(H,18,21). The minimum atomic E-state index is 0.0430. The molecular formula is C17H29N3O2. The summed E-state index contributed by atoms with van der Waals surface area (Å²) in [6.45, 7) is 12.6. The van der Waals surface area contributed by atoms with Gasteiger partial charge in [-0.3, -0.25) is 4.79 Å². The summed E-state index contributed by atoms with van der Waals surface area (Å²) < 4.78 is 5.14. The van der Waals surface area contributed by atoms with Crippen LogP contribution in [0.2, 0.25) is 0 Å². The molecule has 1 aromatic heterocycles. The Morgan fingerprint density at radius 2 is 1.86 bits per heavy atom. The number of rotatable bonds is 4. The van der Waals surface area contributed by atoms with Crippen molar-refractivity contribution in [3.05, 3.63) is 17.0 Å². The van der Waals surface area contributed by atoms with E-state index in [1.165, 1.54) is 0 Å². The zero-order valence-corrected chi connectivity index (χ0v) is 14.7. The van der Waals surface area contributed by atoms with E-state index in [1.807, 2.05) is 13.8 Å². The summed E-state index contributed by atoms with van der Waals surface area (Å²) >= 11 is 0. The lowest BCUT2D eigenvalue weighted by atomic mass is 9.79. The molecule has 0 unspecified atom stereocenters. The molecule has 1 fully saturated rings. The fourth-order valence-electron chi connectivity index (χ4n) is 3.82. The highest BCUT2D eigenvalue weighted by Gasteiger charge is 2.38. The van der Waals surface area contributed by atoms with Gasteiger partial charge >= 0.3 is 0 Å². The Balaban J connectivity index is 1.89. The fourth-order valence-corrected chi connectivity index (χ4v) is 3.82. The van der Waals surface area contributed by atoms with Crippen molar-refractivity contribution in [3.63, 3.8) is 0 Å². The highest BCUT2D eigenvalue weighted by molar-refractivity contribution is 5.76. The third kappa shape index (κ3) is 4.32. The maximum Gasteiger partial charge on any atom is 0.220 e. The molecule has 1 saturated heterocycles. The molecule has 2 heterocycles. The van der Waals surface area contributed by atoms with Gasteiger partial charge in [0.15, 0.2) is 0 Å². The van der Waals surface area contributed by atoms with Gasteiger partial charge in [0.25, 0.3) is 0 Å².